The number of carbonyl (C=O) groups excluding carboxylic acids is 1. The quantitative estimate of drug-likeness (QED) is 0.445. The lowest BCUT2D eigenvalue weighted by atomic mass is 10.0. The molecule has 0 saturated heterocycles. The maximum absolute atomic E-state index is 13.3. The first-order valence-electron chi connectivity index (χ1n) is 8.39. The molecule has 1 aliphatic heterocycles. The van der Waals surface area contributed by atoms with Crippen molar-refractivity contribution < 1.29 is 9.18 Å². The number of nitriles is 2. The summed E-state index contributed by atoms with van der Waals surface area (Å²) in [7, 11) is 0. The molecule has 0 amide bonds. The maximum Gasteiger partial charge on any atom is 0.209 e. The molecular weight excluding hydrogens is 353 g/mol. The summed E-state index contributed by atoms with van der Waals surface area (Å²) >= 11 is 0. The summed E-state index contributed by atoms with van der Waals surface area (Å²) in [5.74, 6) is -0.677. The summed E-state index contributed by atoms with van der Waals surface area (Å²) in [6.45, 7) is 0. The van der Waals surface area contributed by atoms with Crippen molar-refractivity contribution in [2.75, 3.05) is 0 Å². The zero-order valence-electron chi connectivity index (χ0n) is 14.7. The Bertz CT molecular complexity index is 1080. The Morgan fingerprint density at radius 2 is 1.64 bits per heavy atom. The number of ketones is 1. The molecule has 0 atom stereocenters. The van der Waals surface area contributed by atoms with E-state index in [-0.39, 0.29) is 22.9 Å². The summed E-state index contributed by atoms with van der Waals surface area (Å²) in [5, 5.41) is 18.6. The van der Waals surface area contributed by atoms with Gasteiger partial charge in [0.25, 0.3) is 0 Å². The molecule has 0 spiro atoms. The van der Waals surface area contributed by atoms with Crippen molar-refractivity contribution in [1.29, 1.82) is 10.5 Å². The van der Waals surface area contributed by atoms with Crippen LogP contribution in [0, 0.1) is 28.5 Å². The summed E-state index contributed by atoms with van der Waals surface area (Å²) < 4.78 is 13.3. The molecule has 1 heterocycles. The Kier molecular flexibility index (Phi) is 5.60. The molecule has 28 heavy (non-hydrogen) atoms. The summed E-state index contributed by atoms with van der Waals surface area (Å²) in [6.07, 6.45) is 8.19. The highest BCUT2D eigenvalue weighted by atomic mass is 19.1. The molecule has 0 bridgehead atoms. The van der Waals surface area contributed by atoms with Crippen molar-refractivity contribution in [1.82, 2.24) is 4.90 Å². The van der Waals surface area contributed by atoms with Crippen LogP contribution < -0.4 is 0 Å². The minimum Gasteiger partial charge on any atom is -0.312 e. The van der Waals surface area contributed by atoms with Gasteiger partial charge in [0.15, 0.2) is 5.57 Å². The lowest BCUT2D eigenvalue weighted by Gasteiger charge is -2.26. The van der Waals surface area contributed by atoms with Gasteiger partial charge in [0.1, 0.15) is 18.0 Å². The minimum absolute atomic E-state index is 0.119. The van der Waals surface area contributed by atoms with E-state index in [9.17, 15) is 19.7 Å². The second-order valence-electron chi connectivity index (χ2n) is 5.83. The van der Waals surface area contributed by atoms with Crippen LogP contribution in [0.5, 0.6) is 0 Å². The molecule has 0 radical (unpaired) electrons. The van der Waals surface area contributed by atoms with E-state index in [1.54, 1.807) is 73.0 Å². The maximum atomic E-state index is 13.3. The van der Waals surface area contributed by atoms with Gasteiger partial charge in [-0.2, -0.15) is 10.5 Å². The molecule has 2 aromatic rings. The van der Waals surface area contributed by atoms with Crippen molar-refractivity contribution in [3.05, 3.63) is 113 Å². The van der Waals surface area contributed by atoms with Gasteiger partial charge in [-0.05, 0) is 35.9 Å². The number of carbonyl (C=O) groups is 1. The fraction of sp³-hybridized carbons (Fsp3) is 0. The molecule has 0 aromatic heterocycles. The van der Waals surface area contributed by atoms with Crippen molar-refractivity contribution in [2.24, 2.45) is 0 Å². The number of nitrogens with zero attached hydrogens (tertiary/aromatic N) is 3. The molecule has 0 fully saturated rings. The third-order valence-corrected chi connectivity index (χ3v) is 4.04. The van der Waals surface area contributed by atoms with Gasteiger partial charge in [-0.3, -0.25) is 4.79 Å². The van der Waals surface area contributed by atoms with Crippen molar-refractivity contribution >= 4 is 11.9 Å². The van der Waals surface area contributed by atoms with E-state index < -0.39 is 0 Å². The first-order chi connectivity index (χ1) is 13.6. The van der Waals surface area contributed by atoms with Crippen LogP contribution in [-0.2, 0) is 0 Å². The standard InChI is InChI=1S/C23H14FN3O/c24-20-11-9-17(10-12-20)14-22(23(28)18-6-2-1-3-7-18)27-13-5-4-8-21(27)19(15-25)16-26/h1-14H. The summed E-state index contributed by atoms with van der Waals surface area (Å²) in [4.78, 5) is 14.7. The van der Waals surface area contributed by atoms with Crippen molar-refractivity contribution in [3.8, 4) is 12.1 Å². The minimum atomic E-state index is -0.384. The lowest BCUT2D eigenvalue weighted by Crippen LogP contribution is -2.24. The van der Waals surface area contributed by atoms with Gasteiger partial charge in [0.05, 0.1) is 11.4 Å². The van der Waals surface area contributed by atoms with Crippen LogP contribution in [0.4, 0.5) is 4.39 Å². The number of allylic oxidation sites excluding steroid dienone is 5. The highest BCUT2D eigenvalue weighted by Gasteiger charge is 2.23. The second-order valence-corrected chi connectivity index (χ2v) is 5.83. The van der Waals surface area contributed by atoms with Crippen LogP contribution in [0.25, 0.3) is 6.08 Å². The molecule has 134 valence electrons. The van der Waals surface area contributed by atoms with Crippen molar-refractivity contribution in [2.45, 2.75) is 0 Å². The monoisotopic (exact) mass is 367 g/mol. The van der Waals surface area contributed by atoms with E-state index >= 15 is 0 Å². The molecule has 5 heteroatoms. The number of Topliss-reactive ketones (excluding diaryl/α,β-unsaturated/α-hetero) is 1. The first-order valence-corrected chi connectivity index (χ1v) is 8.39. The summed E-state index contributed by atoms with van der Waals surface area (Å²) in [6, 6.07) is 18.1. The smallest absolute Gasteiger partial charge is 0.209 e. The zero-order chi connectivity index (χ0) is 19.9. The predicted octanol–water partition coefficient (Wildman–Crippen LogP) is 4.74. The normalized spacial score (nSPS) is 13.0. The molecule has 3 rings (SSSR count). The van der Waals surface area contributed by atoms with E-state index in [2.05, 4.69) is 0 Å². The van der Waals surface area contributed by atoms with Gasteiger partial charge < -0.3 is 4.90 Å². The molecule has 0 aliphatic carbocycles. The third kappa shape index (κ3) is 3.95. The molecule has 1 aliphatic rings. The Morgan fingerprint density at radius 1 is 0.964 bits per heavy atom. The van der Waals surface area contributed by atoms with E-state index in [0.29, 0.717) is 16.8 Å². The van der Waals surface area contributed by atoms with Crippen LogP contribution in [-0.4, -0.2) is 10.7 Å². The Hall–Kier alpha value is -4.22. The molecular formula is C23H14FN3O. The molecule has 0 unspecified atom stereocenters. The Labute approximate surface area is 162 Å². The molecule has 0 saturated carbocycles. The average Bonchev–Trinajstić information content (AvgIpc) is 2.75. The van der Waals surface area contributed by atoms with Gasteiger partial charge in [-0.15, -0.1) is 0 Å². The van der Waals surface area contributed by atoms with Gasteiger partial charge in [0, 0.05) is 11.8 Å². The van der Waals surface area contributed by atoms with Crippen molar-refractivity contribution in [3.63, 3.8) is 0 Å². The number of benzene rings is 2. The Balaban J connectivity index is 2.17. The average molecular weight is 367 g/mol. The van der Waals surface area contributed by atoms with Crippen LogP contribution in [0.1, 0.15) is 15.9 Å². The SMILES string of the molecule is N#CC(C#N)=C1C=CC=CN1C(=Cc1ccc(F)cc1)C(=O)c1ccccc1. The van der Waals surface area contributed by atoms with Gasteiger partial charge in [-0.25, -0.2) is 4.39 Å². The predicted molar refractivity (Wildman–Crippen MR) is 104 cm³/mol. The number of rotatable bonds is 4. The van der Waals surface area contributed by atoms with Gasteiger partial charge >= 0.3 is 0 Å². The molecule has 0 N–H and O–H groups in total. The largest absolute Gasteiger partial charge is 0.312 e. The third-order valence-electron chi connectivity index (χ3n) is 4.04. The molecule has 4 nitrogen and oxygen atoms in total. The van der Waals surface area contributed by atoms with Crippen LogP contribution in [0.15, 0.2) is 96.0 Å². The first kappa shape index (κ1) is 18.6. The van der Waals surface area contributed by atoms with Crippen LogP contribution >= 0.6 is 0 Å². The van der Waals surface area contributed by atoms with Gasteiger partial charge in [-0.1, -0.05) is 48.5 Å². The van der Waals surface area contributed by atoms with E-state index in [1.165, 1.54) is 17.0 Å². The van der Waals surface area contributed by atoms with E-state index in [0.717, 1.165) is 0 Å². The second kappa shape index (κ2) is 8.44. The fourth-order valence-corrected chi connectivity index (χ4v) is 2.70. The van der Waals surface area contributed by atoms with Crippen LogP contribution in [0.3, 0.4) is 0 Å². The van der Waals surface area contributed by atoms with E-state index in [4.69, 9.17) is 0 Å². The highest BCUT2D eigenvalue weighted by molar-refractivity contribution is 6.11. The van der Waals surface area contributed by atoms with Gasteiger partial charge in [0.2, 0.25) is 5.78 Å². The number of hydrogen-bond donors (Lipinski definition) is 0. The highest BCUT2D eigenvalue weighted by Crippen LogP contribution is 2.26. The Morgan fingerprint density at radius 3 is 2.29 bits per heavy atom. The summed E-state index contributed by atoms with van der Waals surface area (Å²) in [5.41, 5.74) is 1.47. The van der Waals surface area contributed by atoms with Crippen LogP contribution in [0.2, 0.25) is 0 Å². The number of hydrogen-bond acceptors (Lipinski definition) is 4. The lowest BCUT2D eigenvalue weighted by molar-refractivity contribution is 0.101. The zero-order valence-corrected chi connectivity index (χ0v) is 14.7. The topological polar surface area (TPSA) is 67.9 Å². The molecule has 2 aromatic carbocycles. The fourth-order valence-electron chi connectivity index (χ4n) is 2.70. The number of halogens is 1. The van der Waals surface area contributed by atoms with E-state index in [1.807, 2.05) is 12.1 Å².